The minimum Gasteiger partial charge on any atom is -0.488 e. The maximum absolute atomic E-state index is 12.3. The third-order valence-electron chi connectivity index (χ3n) is 2.98. The molecule has 5 heteroatoms. The van der Waals surface area contributed by atoms with Gasteiger partial charge in [-0.2, -0.15) is 0 Å². The number of carbonyl (C=O) groups excluding carboxylic acids is 2. The first-order valence-electron chi connectivity index (χ1n) is 7.71. The number of amides is 2. The van der Waals surface area contributed by atoms with Crippen LogP contribution in [-0.2, 0) is 4.79 Å². The molecule has 0 saturated heterocycles. The number of benzene rings is 2. The molecule has 126 valence electrons. The molecule has 0 aliphatic rings. The number of anilines is 2. The number of hydrogen-bond acceptors (Lipinski definition) is 3. The Morgan fingerprint density at radius 1 is 0.917 bits per heavy atom. The molecule has 2 aromatic rings. The van der Waals surface area contributed by atoms with Crippen LogP contribution < -0.4 is 15.4 Å². The Morgan fingerprint density at radius 2 is 1.58 bits per heavy atom. The molecular formula is C19H22N2O3. The third-order valence-corrected chi connectivity index (χ3v) is 2.98. The Bertz CT molecular complexity index is 731. The van der Waals surface area contributed by atoms with Crippen LogP contribution in [0.5, 0.6) is 5.75 Å². The van der Waals surface area contributed by atoms with Gasteiger partial charge in [-0.15, -0.1) is 0 Å². The highest BCUT2D eigenvalue weighted by Crippen LogP contribution is 2.21. The number of carbonyl (C=O) groups is 2. The monoisotopic (exact) mass is 326 g/mol. The van der Waals surface area contributed by atoms with Crippen LogP contribution in [0.4, 0.5) is 11.4 Å². The van der Waals surface area contributed by atoms with Gasteiger partial charge < -0.3 is 15.4 Å². The van der Waals surface area contributed by atoms with Crippen molar-refractivity contribution in [2.24, 2.45) is 0 Å². The lowest BCUT2D eigenvalue weighted by molar-refractivity contribution is -0.114. The van der Waals surface area contributed by atoms with Crippen molar-refractivity contribution in [3.05, 3.63) is 54.1 Å². The summed E-state index contributed by atoms with van der Waals surface area (Å²) in [6.45, 7) is 7.36. The topological polar surface area (TPSA) is 67.4 Å². The van der Waals surface area contributed by atoms with Gasteiger partial charge in [0, 0.05) is 23.9 Å². The number of nitrogens with one attached hydrogen (secondary N) is 2. The summed E-state index contributed by atoms with van der Waals surface area (Å²) < 4.78 is 5.75. The summed E-state index contributed by atoms with van der Waals surface area (Å²) in [6, 6.07) is 14.0. The van der Waals surface area contributed by atoms with Gasteiger partial charge >= 0.3 is 0 Å². The molecule has 2 aromatic carbocycles. The maximum atomic E-state index is 12.3. The first kappa shape index (κ1) is 17.5. The van der Waals surface area contributed by atoms with Crippen molar-refractivity contribution in [2.75, 3.05) is 10.6 Å². The summed E-state index contributed by atoms with van der Waals surface area (Å²) >= 11 is 0. The van der Waals surface area contributed by atoms with E-state index < -0.39 is 0 Å². The molecule has 0 radical (unpaired) electrons. The fraction of sp³-hybridized carbons (Fsp3) is 0.263. The lowest BCUT2D eigenvalue weighted by Crippen LogP contribution is -2.22. The van der Waals surface area contributed by atoms with E-state index in [4.69, 9.17) is 4.74 Å². The van der Waals surface area contributed by atoms with Crippen LogP contribution in [-0.4, -0.2) is 17.4 Å². The second-order valence-electron chi connectivity index (χ2n) is 6.45. The highest BCUT2D eigenvalue weighted by atomic mass is 16.5. The fourth-order valence-corrected chi connectivity index (χ4v) is 2.10. The van der Waals surface area contributed by atoms with Gasteiger partial charge in [-0.1, -0.05) is 6.07 Å². The molecule has 0 aliphatic carbocycles. The summed E-state index contributed by atoms with van der Waals surface area (Å²) in [7, 11) is 0. The van der Waals surface area contributed by atoms with Crippen LogP contribution in [0.15, 0.2) is 48.5 Å². The molecule has 5 nitrogen and oxygen atoms in total. The first-order valence-corrected chi connectivity index (χ1v) is 7.71. The normalized spacial score (nSPS) is 10.8. The molecule has 0 spiro atoms. The van der Waals surface area contributed by atoms with E-state index in [0.717, 1.165) is 5.75 Å². The molecule has 2 rings (SSSR count). The number of hydrogen-bond donors (Lipinski definition) is 2. The summed E-state index contributed by atoms with van der Waals surface area (Å²) in [6.07, 6.45) is 0. The number of ether oxygens (including phenoxy) is 1. The quantitative estimate of drug-likeness (QED) is 0.890. The van der Waals surface area contributed by atoms with Gasteiger partial charge in [0.25, 0.3) is 5.91 Å². The smallest absolute Gasteiger partial charge is 0.255 e. The standard InChI is InChI=1S/C19H22N2O3/c1-13(22)20-16-7-5-6-14(12-16)18(23)21-15-8-10-17(11-9-15)24-19(2,3)4/h5-12H,1-4H3,(H,20,22)(H,21,23). The molecule has 24 heavy (non-hydrogen) atoms. The molecule has 0 atom stereocenters. The summed E-state index contributed by atoms with van der Waals surface area (Å²) in [5, 5.41) is 5.48. The van der Waals surface area contributed by atoms with Crippen molar-refractivity contribution < 1.29 is 14.3 Å². The van der Waals surface area contributed by atoms with Crippen molar-refractivity contribution in [3.8, 4) is 5.75 Å². The Balaban J connectivity index is 2.05. The highest BCUT2D eigenvalue weighted by Gasteiger charge is 2.12. The molecule has 0 fully saturated rings. The van der Waals surface area contributed by atoms with Crippen molar-refractivity contribution in [1.29, 1.82) is 0 Å². The zero-order valence-corrected chi connectivity index (χ0v) is 14.3. The van der Waals surface area contributed by atoms with Crippen LogP contribution in [0.3, 0.4) is 0 Å². The molecule has 0 unspecified atom stereocenters. The van der Waals surface area contributed by atoms with Crippen LogP contribution >= 0.6 is 0 Å². The van der Waals surface area contributed by atoms with E-state index in [0.29, 0.717) is 16.9 Å². The van der Waals surface area contributed by atoms with E-state index in [1.54, 1.807) is 36.4 Å². The van der Waals surface area contributed by atoms with Gasteiger partial charge in [-0.3, -0.25) is 9.59 Å². The van der Waals surface area contributed by atoms with Crippen molar-refractivity contribution in [2.45, 2.75) is 33.3 Å². The number of rotatable bonds is 4. The molecule has 0 heterocycles. The van der Waals surface area contributed by atoms with Gasteiger partial charge in [0.05, 0.1) is 0 Å². The average molecular weight is 326 g/mol. The van der Waals surface area contributed by atoms with Crippen LogP contribution in [0.1, 0.15) is 38.1 Å². The van der Waals surface area contributed by atoms with Crippen LogP contribution in [0.25, 0.3) is 0 Å². The first-order chi connectivity index (χ1) is 11.2. The predicted octanol–water partition coefficient (Wildman–Crippen LogP) is 4.07. The Morgan fingerprint density at radius 3 is 2.17 bits per heavy atom. The van der Waals surface area contributed by atoms with Gasteiger partial charge in [0.15, 0.2) is 0 Å². The minimum absolute atomic E-state index is 0.179. The largest absolute Gasteiger partial charge is 0.488 e. The molecule has 0 aromatic heterocycles. The zero-order valence-electron chi connectivity index (χ0n) is 14.3. The van der Waals surface area contributed by atoms with E-state index in [1.165, 1.54) is 6.92 Å². The summed E-state index contributed by atoms with van der Waals surface area (Å²) in [5.41, 5.74) is 1.46. The average Bonchev–Trinajstić information content (AvgIpc) is 2.47. The Kier molecular flexibility index (Phi) is 5.24. The SMILES string of the molecule is CC(=O)Nc1cccc(C(=O)Nc2ccc(OC(C)(C)C)cc2)c1. The van der Waals surface area contributed by atoms with Gasteiger partial charge in [0.1, 0.15) is 11.4 Å². The molecule has 0 bridgehead atoms. The Hall–Kier alpha value is -2.82. The molecule has 2 N–H and O–H groups in total. The lowest BCUT2D eigenvalue weighted by atomic mass is 10.1. The summed E-state index contributed by atoms with van der Waals surface area (Å²) in [5.74, 6) is 0.321. The highest BCUT2D eigenvalue weighted by molar-refractivity contribution is 6.05. The summed E-state index contributed by atoms with van der Waals surface area (Å²) in [4.78, 5) is 23.4. The fourth-order valence-electron chi connectivity index (χ4n) is 2.10. The minimum atomic E-state index is -0.269. The maximum Gasteiger partial charge on any atom is 0.255 e. The zero-order chi connectivity index (χ0) is 17.7. The lowest BCUT2D eigenvalue weighted by Gasteiger charge is -2.21. The molecule has 2 amide bonds. The van der Waals surface area contributed by atoms with Gasteiger partial charge in [-0.25, -0.2) is 0 Å². The van der Waals surface area contributed by atoms with E-state index in [-0.39, 0.29) is 17.4 Å². The van der Waals surface area contributed by atoms with Crippen molar-refractivity contribution in [3.63, 3.8) is 0 Å². The van der Waals surface area contributed by atoms with Crippen molar-refractivity contribution >= 4 is 23.2 Å². The van der Waals surface area contributed by atoms with Gasteiger partial charge in [0.2, 0.25) is 5.91 Å². The second-order valence-corrected chi connectivity index (χ2v) is 6.45. The van der Waals surface area contributed by atoms with E-state index >= 15 is 0 Å². The van der Waals surface area contributed by atoms with Crippen LogP contribution in [0, 0.1) is 0 Å². The van der Waals surface area contributed by atoms with E-state index in [1.807, 2.05) is 32.9 Å². The van der Waals surface area contributed by atoms with E-state index in [9.17, 15) is 9.59 Å². The molecule has 0 saturated carbocycles. The van der Waals surface area contributed by atoms with Gasteiger partial charge in [-0.05, 0) is 63.2 Å². The second kappa shape index (κ2) is 7.17. The predicted molar refractivity (Wildman–Crippen MR) is 95.5 cm³/mol. The van der Waals surface area contributed by atoms with E-state index in [2.05, 4.69) is 10.6 Å². The Labute approximate surface area is 142 Å². The third kappa shape index (κ3) is 5.43. The van der Waals surface area contributed by atoms with Crippen LogP contribution in [0.2, 0.25) is 0 Å². The molecular weight excluding hydrogens is 304 g/mol. The van der Waals surface area contributed by atoms with Crippen molar-refractivity contribution in [1.82, 2.24) is 0 Å². The molecule has 0 aliphatic heterocycles.